The molecule has 0 aliphatic carbocycles. The maximum atomic E-state index is 12.8. The fourth-order valence-electron chi connectivity index (χ4n) is 2.90. The number of carbonyl (C=O) groups excluding carboxylic acids is 1. The minimum Gasteiger partial charge on any atom is -0.328 e. The molecule has 1 aromatic heterocycles. The Morgan fingerprint density at radius 2 is 2.08 bits per heavy atom. The molecular weight excluding hydrogens is 326 g/mol. The average Bonchev–Trinajstić information content (AvgIpc) is 3.12. The van der Waals surface area contributed by atoms with Crippen molar-refractivity contribution in [3.8, 4) is 0 Å². The molecule has 1 N–H and O–H groups in total. The molecule has 1 aliphatic heterocycles. The predicted octanol–water partition coefficient (Wildman–Crippen LogP) is 3.01. The average molecular weight is 345 g/mol. The van der Waals surface area contributed by atoms with Crippen LogP contribution < -0.4 is 5.32 Å². The molecule has 7 heteroatoms. The van der Waals surface area contributed by atoms with Gasteiger partial charge in [0.1, 0.15) is 0 Å². The number of thiophene rings is 1. The minimum atomic E-state index is -0.458. The second-order valence-electron chi connectivity index (χ2n) is 5.71. The molecule has 6 nitrogen and oxygen atoms in total. The molecule has 0 bridgehead atoms. The van der Waals surface area contributed by atoms with Gasteiger partial charge in [-0.2, -0.15) is 0 Å². The Morgan fingerprint density at radius 1 is 1.33 bits per heavy atom. The summed E-state index contributed by atoms with van der Waals surface area (Å²) >= 11 is 0.935. The van der Waals surface area contributed by atoms with Crippen LogP contribution in [0.4, 0.5) is 5.00 Å². The maximum Gasteiger partial charge on any atom is 0.324 e. The first kappa shape index (κ1) is 16.6. The summed E-state index contributed by atoms with van der Waals surface area (Å²) in [7, 11) is 0. The number of nitrogens with one attached hydrogen (secondary N) is 1. The molecule has 0 radical (unpaired) electrons. The molecule has 1 amide bonds. The molecule has 1 fully saturated rings. The molecule has 1 saturated heterocycles. The number of aryl methyl sites for hydroxylation is 1. The number of amides is 1. The van der Waals surface area contributed by atoms with E-state index in [-0.39, 0.29) is 17.0 Å². The lowest BCUT2D eigenvalue weighted by molar-refractivity contribution is -0.380. The van der Waals surface area contributed by atoms with Crippen LogP contribution in [0.2, 0.25) is 0 Å². The second-order valence-corrected chi connectivity index (χ2v) is 6.77. The van der Waals surface area contributed by atoms with Crippen molar-refractivity contribution in [2.75, 3.05) is 19.6 Å². The summed E-state index contributed by atoms with van der Waals surface area (Å²) in [6.45, 7) is 4.11. The number of piperazine rings is 1. The largest absolute Gasteiger partial charge is 0.328 e. The van der Waals surface area contributed by atoms with Gasteiger partial charge < -0.3 is 10.2 Å². The summed E-state index contributed by atoms with van der Waals surface area (Å²) in [6, 6.07) is 11.2. The van der Waals surface area contributed by atoms with Crippen molar-refractivity contribution in [2.24, 2.45) is 0 Å². The Bertz CT molecular complexity index is 742. The van der Waals surface area contributed by atoms with Crippen molar-refractivity contribution in [3.05, 3.63) is 62.5 Å². The van der Waals surface area contributed by atoms with E-state index in [9.17, 15) is 14.9 Å². The van der Waals surface area contributed by atoms with Gasteiger partial charge in [0.05, 0.1) is 15.8 Å². The van der Waals surface area contributed by atoms with Crippen LogP contribution in [-0.4, -0.2) is 35.4 Å². The standard InChI is InChI=1S/C17H19N3O3S/c1-2-12-3-5-13(6-4-12)14-11-18-9-10-19(14)17(21)15-7-8-16(24-15)20(22)23/h3-8,14,18H,2,9-11H2,1H3. The molecule has 3 rings (SSSR count). The first-order chi connectivity index (χ1) is 11.6. The van der Waals surface area contributed by atoms with Crippen LogP contribution in [0.5, 0.6) is 0 Å². The zero-order valence-electron chi connectivity index (χ0n) is 13.4. The summed E-state index contributed by atoms with van der Waals surface area (Å²) in [5, 5.41) is 14.2. The van der Waals surface area contributed by atoms with Crippen molar-refractivity contribution in [1.29, 1.82) is 0 Å². The van der Waals surface area contributed by atoms with Crippen molar-refractivity contribution >= 4 is 22.2 Å². The topological polar surface area (TPSA) is 75.5 Å². The van der Waals surface area contributed by atoms with E-state index in [2.05, 4.69) is 36.5 Å². The van der Waals surface area contributed by atoms with Crippen LogP contribution in [0.1, 0.15) is 33.8 Å². The first-order valence-electron chi connectivity index (χ1n) is 7.95. The molecule has 0 saturated carbocycles. The lowest BCUT2D eigenvalue weighted by Crippen LogP contribution is -2.48. The summed E-state index contributed by atoms with van der Waals surface area (Å²) < 4.78 is 0. The number of hydrogen-bond acceptors (Lipinski definition) is 5. The van der Waals surface area contributed by atoms with Crippen molar-refractivity contribution in [3.63, 3.8) is 0 Å². The Balaban J connectivity index is 1.85. The number of nitrogens with zero attached hydrogens (tertiary/aromatic N) is 2. The zero-order chi connectivity index (χ0) is 17.1. The smallest absolute Gasteiger partial charge is 0.324 e. The van der Waals surface area contributed by atoms with Crippen LogP contribution in [0.15, 0.2) is 36.4 Å². The summed E-state index contributed by atoms with van der Waals surface area (Å²) in [5.41, 5.74) is 2.34. The van der Waals surface area contributed by atoms with E-state index >= 15 is 0 Å². The lowest BCUT2D eigenvalue weighted by Gasteiger charge is -2.36. The third-order valence-electron chi connectivity index (χ3n) is 4.26. The first-order valence-corrected chi connectivity index (χ1v) is 8.76. The third-order valence-corrected chi connectivity index (χ3v) is 5.28. The number of carbonyl (C=O) groups is 1. The van der Waals surface area contributed by atoms with Crippen molar-refractivity contribution in [2.45, 2.75) is 19.4 Å². The van der Waals surface area contributed by atoms with E-state index in [0.717, 1.165) is 29.9 Å². The Kier molecular flexibility index (Phi) is 4.92. The number of nitro groups is 1. The Labute approximate surface area is 144 Å². The van der Waals surface area contributed by atoms with Crippen LogP contribution in [0, 0.1) is 10.1 Å². The van der Waals surface area contributed by atoms with Gasteiger partial charge in [-0.15, -0.1) is 0 Å². The van der Waals surface area contributed by atoms with E-state index in [1.165, 1.54) is 11.6 Å². The molecule has 1 aromatic carbocycles. The quantitative estimate of drug-likeness (QED) is 0.683. The molecule has 126 valence electrons. The van der Waals surface area contributed by atoms with Gasteiger partial charge in [0.15, 0.2) is 0 Å². The highest BCUT2D eigenvalue weighted by Crippen LogP contribution is 2.29. The fraction of sp³-hybridized carbons (Fsp3) is 0.353. The Hall–Kier alpha value is -2.25. The SMILES string of the molecule is CCc1ccc(C2CNCCN2C(=O)c2ccc([N+](=O)[O-])s2)cc1. The molecular formula is C17H19N3O3S. The van der Waals surface area contributed by atoms with Crippen LogP contribution in [0.25, 0.3) is 0 Å². The Morgan fingerprint density at radius 3 is 2.71 bits per heavy atom. The highest BCUT2D eigenvalue weighted by atomic mass is 32.1. The van der Waals surface area contributed by atoms with Crippen molar-refractivity contribution < 1.29 is 9.72 Å². The molecule has 1 aliphatic rings. The summed E-state index contributed by atoms with van der Waals surface area (Å²) in [6.07, 6.45) is 0.977. The lowest BCUT2D eigenvalue weighted by atomic mass is 10.0. The zero-order valence-corrected chi connectivity index (χ0v) is 14.2. The monoisotopic (exact) mass is 345 g/mol. The third kappa shape index (κ3) is 3.32. The van der Waals surface area contributed by atoms with E-state index < -0.39 is 4.92 Å². The highest BCUT2D eigenvalue weighted by Gasteiger charge is 2.30. The fourth-order valence-corrected chi connectivity index (χ4v) is 3.68. The minimum absolute atomic E-state index is 0.00247. The van der Waals surface area contributed by atoms with Crippen LogP contribution in [-0.2, 0) is 6.42 Å². The number of benzene rings is 1. The molecule has 1 atom stereocenters. The van der Waals surface area contributed by atoms with Crippen LogP contribution in [0.3, 0.4) is 0 Å². The van der Waals surface area contributed by atoms with E-state index in [0.29, 0.717) is 18.0 Å². The van der Waals surface area contributed by atoms with Gasteiger partial charge in [-0.3, -0.25) is 14.9 Å². The van der Waals surface area contributed by atoms with Gasteiger partial charge >= 0.3 is 5.00 Å². The van der Waals surface area contributed by atoms with Crippen molar-refractivity contribution in [1.82, 2.24) is 10.2 Å². The van der Waals surface area contributed by atoms with Gasteiger partial charge in [0, 0.05) is 25.7 Å². The molecule has 0 spiro atoms. The normalized spacial score (nSPS) is 17.7. The van der Waals surface area contributed by atoms with E-state index in [1.54, 1.807) is 6.07 Å². The predicted molar refractivity (Wildman–Crippen MR) is 93.4 cm³/mol. The van der Waals surface area contributed by atoms with Crippen LogP contribution >= 0.6 is 11.3 Å². The summed E-state index contributed by atoms with van der Waals surface area (Å²) in [5.74, 6) is -0.140. The molecule has 1 unspecified atom stereocenters. The molecule has 2 aromatic rings. The number of rotatable bonds is 4. The summed E-state index contributed by atoms with van der Waals surface area (Å²) in [4.78, 5) is 25.4. The highest BCUT2D eigenvalue weighted by molar-refractivity contribution is 7.17. The van der Waals surface area contributed by atoms with Gasteiger partial charge in [0.2, 0.25) is 0 Å². The van der Waals surface area contributed by atoms with E-state index in [4.69, 9.17) is 0 Å². The number of hydrogen-bond donors (Lipinski definition) is 1. The van der Waals surface area contributed by atoms with Gasteiger partial charge in [0.25, 0.3) is 5.91 Å². The van der Waals surface area contributed by atoms with E-state index in [1.807, 2.05) is 4.90 Å². The van der Waals surface area contributed by atoms with Gasteiger partial charge in [-0.05, 0) is 23.6 Å². The van der Waals surface area contributed by atoms with Gasteiger partial charge in [-0.25, -0.2) is 0 Å². The van der Waals surface area contributed by atoms with Gasteiger partial charge in [-0.1, -0.05) is 42.5 Å². The molecule has 24 heavy (non-hydrogen) atoms. The molecule has 2 heterocycles. The maximum absolute atomic E-state index is 12.8. The second kappa shape index (κ2) is 7.11.